The minimum atomic E-state index is -0.571. The van der Waals surface area contributed by atoms with E-state index in [1.807, 2.05) is 6.07 Å². The lowest BCUT2D eigenvalue weighted by Gasteiger charge is -2.11. The fourth-order valence-corrected chi connectivity index (χ4v) is 2.64. The number of amides is 2. The molecule has 1 aliphatic rings. The van der Waals surface area contributed by atoms with E-state index < -0.39 is 11.8 Å². The lowest BCUT2D eigenvalue weighted by atomic mass is 10.0. The summed E-state index contributed by atoms with van der Waals surface area (Å²) in [5.74, 6) is -1.24. The molecule has 0 spiro atoms. The molecule has 2 amide bonds. The van der Waals surface area contributed by atoms with Crippen LogP contribution in [0.25, 0.3) is 11.3 Å². The third-order valence-electron chi connectivity index (χ3n) is 3.65. The first-order valence-corrected chi connectivity index (χ1v) is 6.92. The van der Waals surface area contributed by atoms with Crippen molar-refractivity contribution in [1.82, 2.24) is 0 Å². The summed E-state index contributed by atoms with van der Waals surface area (Å²) in [7, 11) is 0. The van der Waals surface area contributed by atoms with E-state index in [0.29, 0.717) is 22.4 Å². The molecule has 5 heteroatoms. The van der Waals surface area contributed by atoms with Crippen molar-refractivity contribution in [3.63, 3.8) is 0 Å². The Labute approximate surface area is 132 Å². The van der Waals surface area contributed by atoms with Crippen LogP contribution in [0.3, 0.4) is 0 Å². The number of rotatable bonds is 1. The van der Waals surface area contributed by atoms with Crippen molar-refractivity contribution in [2.75, 3.05) is 4.90 Å². The lowest BCUT2D eigenvalue weighted by molar-refractivity contribution is -0.122. The number of nitrogens with zero attached hydrogens (tertiary/aromatic N) is 2. The summed E-state index contributed by atoms with van der Waals surface area (Å²) in [5, 5.41) is 19.5. The number of benzene rings is 2. The number of aliphatic hydroxyl groups is 1. The maximum atomic E-state index is 12.6. The molecule has 5 nitrogen and oxygen atoms in total. The zero-order valence-corrected chi connectivity index (χ0v) is 12.3. The molecule has 1 heterocycles. The van der Waals surface area contributed by atoms with Crippen LogP contribution in [-0.2, 0) is 9.59 Å². The molecule has 0 aromatic heterocycles. The van der Waals surface area contributed by atoms with Gasteiger partial charge in [0.15, 0.2) is 0 Å². The van der Waals surface area contributed by atoms with Gasteiger partial charge in [-0.15, -0.1) is 0 Å². The van der Waals surface area contributed by atoms with Crippen LogP contribution in [0.4, 0.5) is 5.69 Å². The van der Waals surface area contributed by atoms with Gasteiger partial charge in [-0.2, -0.15) is 5.26 Å². The van der Waals surface area contributed by atoms with E-state index in [-0.39, 0.29) is 11.3 Å². The Morgan fingerprint density at radius 3 is 2.61 bits per heavy atom. The minimum Gasteiger partial charge on any atom is -0.506 e. The van der Waals surface area contributed by atoms with Crippen molar-refractivity contribution in [2.24, 2.45) is 0 Å². The number of carbonyl (C=O) groups is 2. The highest BCUT2D eigenvalue weighted by Crippen LogP contribution is 2.40. The van der Waals surface area contributed by atoms with Gasteiger partial charge < -0.3 is 5.11 Å². The van der Waals surface area contributed by atoms with Crippen molar-refractivity contribution >= 4 is 28.8 Å². The molecule has 23 heavy (non-hydrogen) atoms. The van der Waals surface area contributed by atoms with Crippen molar-refractivity contribution in [3.8, 4) is 6.07 Å². The van der Waals surface area contributed by atoms with Crippen LogP contribution in [0.1, 0.15) is 23.6 Å². The Balaban J connectivity index is 2.24. The molecule has 112 valence electrons. The molecule has 0 saturated carbocycles. The Kier molecular flexibility index (Phi) is 3.43. The Morgan fingerprint density at radius 1 is 1.17 bits per heavy atom. The summed E-state index contributed by atoms with van der Waals surface area (Å²) in [5.41, 5.74) is 1.73. The molecule has 1 N–H and O–H groups in total. The van der Waals surface area contributed by atoms with Gasteiger partial charge in [-0.1, -0.05) is 30.3 Å². The van der Waals surface area contributed by atoms with Gasteiger partial charge in [0, 0.05) is 18.1 Å². The molecule has 0 saturated heterocycles. The largest absolute Gasteiger partial charge is 0.506 e. The first kappa shape index (κ1) is 14.5. The number of hydrogen-bond acceptors (Lipinski definition) is 4. The fraction of sp³-hybridized carbons (Fsp3) is 0.0556. The number of para-hydroxylation sites is 1. The van der Waals surface area contributed by atoms with Crippen LogP contribution in [0, 0.1) is 11.3 Å². The van der Waals surface area contributed by atoms with Gasteiger partial charge in [-0.05, 0) is 18.2 Å². The predicted octanol–water partition coefficient (Wildman–Crippen LogP) is 2.88. The van der Waals surface area contributed by atoms with Crippen molar-refractivity contribution in [1.29, 1.82) is 5.26 Å². The van der Waals surface area contributed by atoms with Crippen LogP contribution in [0.5, 0.6) is 0 Å². The molecule has 0 radical (unpaired) electrons. The summed E-state index contributed by atoms with van der Waals surface area (Å²) >= 11 is 0. The van der Waals surface area contributed by atoms with Gasteiger partial charge in [-0.25, -0.2) is 4.90 Å². The van der Waals surface area contributed by atoms with E-state index in [2.05, 4.69) is 0 Å². The summed E-state index contributed by atoms with van der Waals surface area (Å²) in [6.45, 7) is 1.30. The molecule has 0 fully saturated rings. The molecule has 2 aromatic carbocycles. The quantitative estimate of drug-likeness (QED) is 0.649. The number of hydrogen-bond donors (Lipinski definition) is 1. The molecule has 0 atom stereocenters. The average Bonchev–Trinajstić information content (AvgIpc) is 2.86. The van der Waals surface area contributed by atoms with E-state index in [1.165, 1.54) is 13.0 Å². The van der Waals surface area contributed by atoms with Gasteiger partial charge in [0.2, 0.25) is 5.91 Å². The first-order chi connectivity index (χ1) is 11.0. The first-order valence-electron chi connectivity index (χ1n) is 6.92. The third-order valence-corrected chi connectivity index (χ3v) is 3.65. The SMILES string of the molecule is CC(=O)N1C(=O)/C(=C(/O)c2cccc(C#N)c2)c2ccccc21. The van der Waals surface area contributed by atoms with Crippen LogP contribution < -0.4 is 4.90 Å². The van der Waals surface area contributed by atoms with Crippen molar-refractivity contribution in [2.45, 2.75) is 6.92 Å². The zero-order valence-electron chi connectivity index (χ0n) is 12.3. The highest BCUT2D eigenvalue weighted by atomic mass is 16.3. The van der Waals surface area contributed by atoms with Gasteiger partial charge in [-0.3, -0.25) is 9.59 Å². The minimum absolute atomic E-state index is 0.0610. The lowest BCUT2D eigenvalue weighted by Crippen LogP contribution is -2.31. The van der Waals surface area contributed by atoms with Gasteiger partial charge in [0.05, 0.1) is 22.9 Å². The van der Waals surface area contributed by atoms with E-state index >= 15 is 0 Å². The summed E-state index contributed by atoms with van der Waals surface area (Å²) < 4.78 is 0. The van der Waals surface area contributed by atoms with E-state index in [1.54, 1.807) is 42.5 Å². The number of aliphatic hydroxyl groups excluding tert-OH is 1. The maximum Gasteiger partial charge on any atom is 0.269 e. The van der Waals surface area contributed by atoms with E-state index in [0.717, 1.165) is 4.90 Å². The van der Waals surface area contributed by atoms with Crippen LogP contribution in [0.2, 0.25) is 0 Å². The Hall–Kier alpha value is -3.39. The normalized spacial score (nSPS) is 15.1. The third kappa shape index (κ3) is 2.27. The number of carbonyl (C=O) groups excluding carboxylic acids is 2. The molecule has 0 aliphatic carbocycles. The monoisotopic (exact) mass is 304 g/mol. The molecule has 3 rings (SSSR count). The van der Waals surface area contributed by atoms with Crippen molar-refractivity contribution < 1.29 is 14.7 Å². The topological polar surface area (TPSA) is 81.4 Å². The Bertz CT molecular complexity index is 906. The van der Waals surface area contributed by atoms with Crippen LogP contribution >= 0.6 is 0 Å². The van der Waals surface area contributed by atoms with E-state index in [4.69, 9.17) is 5.26 Å². The highest BCUT2D eigenvalue weighted by molar-refractivity contribution is 6.42. The fourth-order valence-electron chi connectivity index (χ4n) is 2.64. The summed E-state index contributed by atoms with van der Waals surface area (Å²) in [6.07, 6.45) is 0. The van der Waals surface area contributed by atoms with Crippen LogP contribution in [-0.4, -0.2) is 16.9 Å². The molecule has 1 aliphatic heterocycles. The second-order valence-corrected chi connectivity index (χ2v) is 5.09. The molecular formula is C18H12N2O3. The van der Waals surface area contributed by atoms with Gasteiger partial charge >= 0.3 is 0 Å². The molecular weight excluding hydrogens is 292 g/mol. The second-order valence-electron chi connectivity index (χ2n) is 5.09. The predicted molar refractivity (Wildman–Crippen MR) is 85.2 cm³/mol. The number of fused-ring (bicyclic) bond motifs is 1. The van der Waals surface area contributed by atoms with Gasteiger partial charge in [0.1, 0.15) is 5.76 Å². The Morgan fingerprint density at radius 2 is 1.91 bits per heavy atom. The van der Waals surface area contributed by atoms with Crippen molar-refractivity contribution in [3.05, 3.63) is 65.2 Å². The smallest absolute Gasteiger partial charge is 0.269 e. The van der Waals surface area contributed by atoms with E-state index in [9.17, 15) is 14.7 Å². The van der Waals surface area contributed by atoms with Crippen LogP contribution in [0.15, 0.2) is 48.5 Å². The second kappa shape index (κ2) is 5.43. The summed E-state index contributed by atoms with van der Waals surface area (Å²) in [4.78, 5) is 25.4. The zero-order chi connectivity index (χ0) is 16.6. The average molecular weight is 304 g/mol. The summed E-state index contributed by atoms with van der Waals surface area (Å²) in [6, 6.07) is 15.1. The van der Waals surface area contributed by atoms with Gasteiger partial charge in [0.25, 0.3) is 5.91 Å². The molecule has 0 bridgehead atoms. The highest BCUT2D eigenvalue weighted by Gasteiger charge is 2.37. The molecule has 0 unspecified atom stereocenters. The maximum absolute atomic E-state index is 12.6. The number of anilines is 1. The number of imide groups is 1. The standard InChI is InChI=1S/C18H12N2O3/c1-11(21)20-15-8-3-2-7-14(15)16(18(20)23)17(22)13-6-4-5-12(9-13)10-19/h2-9,22H,1H3/b17-16+. The number of nitriles is 1. The molecule has 2 aromatic rings.